The highest BCUT2D eigenvalue weighted by molar-refractivity contribution is 7.09. The van der Waals surface area contributed by atoms with E-state index in [1.54, 1.807) is 6.07 Å². The Hall–Kier alpha value is -1.92. The van der Waals surface area contributed by atoms with E-state index in [-0.39, 0.29) is 18.1 Å². The van der Waals surface area contributed by atoms with Gasteiger partial charge < -0.3 is 10.4 Å². The Kier molecular flexibility index (Phi) is 4.37. The van der Waals surface area contributed by atoms with Crippen LogP contribution in [0, 0.1) is 0 Å². The highest BCUT2D eigenvalue weighted by Gasteiger charge is 2.45. The first-order valence-corrected chi connectivity index (χ1v) is 8.49. The van der Waals surface area contributed by atoms with Crippen LogP contribution in [-0.4, -0.2) is 22.0 Å². The number of carbonyl (C=O) groups excluding carboxylic acids is 1. The summed E-state index contributed by atoms with van der Waals surface area (Å²) in [6, 6.07) is 7.41. The fraction of sp³-hybridized carbons (Fsp3) is 0.312. The summed E-state index contributed by atoms with van der Waals surface area (Å²) < 4.78 is 0. The van der Waals surface area contributed by atoms with E-state index in [2.05, 4.69) is 10.3 Å². The zero-order valence-corrected chi connectivity index (χ0v) is 13.8. The normalized spacial score (nSPS) is 15.7. The third-order valence-corrected chi connectivity index (χ3v) is 5.27. The number of amides is 1. The average Bonchev–Trinajstić information content (AvgIpc) is 2.93. The van der Waals surface area contributed by atoms with Crippen molar-refractivity contribution in [3.63, 3.8) is 0 Å². The minimum Gasteiger partial charge on any atom is -0.476 e. The summed E-state index contributed by atoms with van der Waals surface area (Å²) in [5, 5.41) is 14.4. The van der Waals surface area contributed by atoms with Gasteiger partial charge in [0.15, 0.2) is 5.69 Å². The van der Waals surface area contributed by atoms with Crippen LogP contribution in [0.4, 0.5) is 0 Å². The van der Waals surface area contributed by atoms with Gasteiger partial charge in [-0.3, -0.25) is 4.79 Å². The van der Waals surface area contributed by atoms with E-state index in [9.17, 15) is 9.59 Å². The van der Waals surface area contributed by atoms with Gasteiger partial charge in [0.2, 0.25) is 5.91 Å². The fourth-order valence-electron chi connectivity index (χ4n) is 2.78. The van der Waals surface area contributed by atoms with E-state index in [1.165, 1.54) is 16.7 Å². The third-order valence-electron chi connectivity index (χ3n) is 4.19. The van der Waals surface area contributed by atoms with Crippen LogP contribution in [0.15, 0.2) is 29.6 Å². The highest BCUT2D eigenvalue weighted by Crippen LogP contribution is 2.44. The van der Waals surface area contributed by atoms with E-state index < -0.39 is 11.4 Å². The van der Waals surface area contributed by atoms with Gasteiger partial charge >= 0.3 is 5.97 Å². The lowest BCUT2D eigenvalue weighted by Gasteiger charge is -2.40. The van der Waals surface area contributed by atoms with Crippen LogP contribution in [0.2, 0.25) is 5.02 Å². The molecule has 1 heterocycles. The first-order chi connectivity index (χ1) is 11.0. The molecule has 0 bridgehead atoms. The smallest absolute Gasteiger partial charge is 0.355 e. The van der Waals surface area contributed by atoms with Crippen molar-refractivity contribution in [3.8, 4) is 0 Å². The van der Waals surface area contributed by atoms with Crippen LogP contribution in [0.25, 0.3) is 0 Å². The molecule has 0 radical (unpaired) electrons. The number of rotatable bonds is 5. The van der Waals surface area contributed by atoms with Crippen molar-refractivity contribution in [1.82, 2.24) is 10.3 Å². The van der Waals surface area contributed by atoms with Crippen LogP contribution in [-0.2, 0) is 16.8 Å². The van der Waals surface area contributed by atoms with Crippen molar-refractivity contribution in [1.29, 1.82) is 0 Å². The lowest BCUT2D eigenvalue weighted by atomic mass is 9.64. The molecule has 0 unspecified atom stereocenters. The summed E-state index contributed by atoms with van der Waals surface area (Å²) >= 11 is 7.27. The van der Waals surface area contributed by atoms with Crippen molar-refractivity contribution in [3.05, 3.63) is 50.9 Å². The number of hydrogen-bond donors (Lipinski definition) is 2. The van der Waals surface area contributed by atoms with Crippen molar-refractivity contribution in [2.75, 3.05) is 0 Å². The summed E-state index contributed by atoms with van der Waals surface area (Å²) in [4.78, 5) is 27.5. The van der Waals surface area contributed by atoms with Gasteiger partial charge in [-0.1, -0.05) is 30.2 Å². The predicted octanol–water partition coefficient (Wildman–Crippen LogP) is 3.23. The number of halogens is 1. The quantitative estimate of drug-likeness (QED) is 0.867. The average molecular weight is 351 g/mol. The molecule has 23 heavy (non-hydrogen) atoms. The Morgan fingerprint density at radius 2 is 2.17 bits per heavy atom. The fourth-order valence-corrected chi connectivity index (χ4v) is 3.68. The minimum absolute atomic E-state index is 0.00690. The van der Waals surface area contributed by atoms with E-state index in [0.29, 0.717) is 10.0 Å². The zero-order chi connectivity index (χ0) is 16.4. The number of nitrogens with zero attached hydrogens (tertiary/aromatic N) is 1. The second-order valence-corrected chi connectivity index (χ2v) is 6.94. The Morgan fingerprint density at radius 1 is 1.39 bits per heavy atom. The second kappa shape index (κ2) is 6.29. The van der Waals surface area contributed by atoms with Crippen LogP contribution < -0.4 is 5.32 Å². The maximum absolute atomic E-state index is 12.7. The van der Waals surface area contributed by atoms with Gasteiger partial charge in [0, 0.05) is 10.4 Å². The Balaban J connectivity index is 1.72. The highest BCUT2D eigenvalue weighted by atomic mass is 35.5. The van der Waals surface area contributed by atoms with Crippen molar-refractivity contribution >= 4 is 34.8 Å². The van der Waals surface area contributed by atoms with Gasteiger partial charge in [-0.05, 0) is 30.5 Å². The molecule has 1 saturated carbocycles. The molecule has 1 aromatic carbocycles. The summed E-state index contributed by atoms with van der Waals surface area (Å²) in [6.45, 7) is 0.235. The lowest BCUT2D eigenvalue weighted by molar-refractivity contribution is -0.130. The molecule has 5 nitrogen and oxygen atoms in total. The third kappa shape index (κ3) is 3.09. The largest absolute Gasteiger partial charge is 0.476 e. The Morgan fingerprint density at radius 3 is 2.74 bits per heavy atom. The van der Waals surface area contributed by atoms with Gasteiger partial charge in [-0.25, -0.2) is 9.78 Å². The van der Waals surface area contributed by atoms with Gasteiger partial charge in [-0.15, -0.1) is 11.3 Å². The molecular formula is C16H15ClN2O3S. The topological polar surface area (TPSA) is 79.3 Å². The van der Waals surface area contributed by atoms with E-state index in [1.807, 2.05) is 18.2 Å². The summed E-state index contributed by atoms with van der Waals surface area (Å²) in [5.41, 5.74) is 0.407. The molecule has 7 heteroatoms. The van der Waals surface area contributed by atoms with Crippen LogP contribution in [0.3, 0.4) is 0 Å². The molecule has 3 rings (SSSR count). The lowest BCUT2D eigenvalue weighted by Crippen LogP contribution is -2.49. The summed E-state index contributed by atoms with van der Waals surface area (Å²) in [7, 11) is 0. The number of nitrogens with one attached hydrogen (secondary N) is 1. The Bertz CT molecular complexity index is 755. The number of aromatic carboxylic acids is 1. The van der Waals surface area contributed by atoms with Gasteiger partial charge in [0.25, 0.3) is 0 Å². The molecule has 2 aromatic rings. The predicted molar refractivity (Wildman–Crippen MR) is 87.9 cm³/mol. The molecular weight excluding hydrogens is 336 g/mol. The molecule has 1 aromatic heterocycles. The van der Waals surface area contributed by atoms with E-state index >= 15 is 0 Å². The second-order valence-electron chi connectivity index (χ2n) is 5.56. The monoisotopic (exact) mass is 350 g/mol. The number of thiazole rings is 1. The summed E-state index contributed by atoms with van der Waals surface area (Å²) in [5.74, 6) is -1.12. The molecule has 0 spiro atoms. The van der Waals surface area contributed by atoms with E-state index in [0.717, 1.165) is 24.8 Å². The first-order valence-electron chi connectivity index (χ1n) is 7.23. The SMILES string of the molecule is O=C(O)c1csc(CNC(=O)C2(c3cccc(Cl)c3)CCC2)n1. The molecule has 0 aliphatic heterocycles. The van der Waals surface area contributed by atoms with Gasteiger partial charge in [0.1, 0.15) is 5.01 Å². The maximum Gasteiger partial charge on any atom is 0.355 e. The van der Waals surface area contributed by atoms with Crippen molar-refractivity contribution in [2.45, 2.75) is 31.2 Å². The molecule has 1 amide bonds. The molecule has 1 fully saturated rings. The van der Waals surface area contributed by atoms with Crippen LogP contribution in [0.1, 0.15) is 40.3 Å². The van der Waals surface area contributed by atoms with Crippen molar-refractivity contribution in [2.24, 2.45) is 0 Å². The van der Waals surface area contributed by atoms with E-state index in [4.69, 9.17) is 16.7 Å². The standard InChI is InChI=1S/C16H15ClN2O3S/c17-11-4-1-3-10(7-11)16(5-2-6-16)15(22)18-8-13-19-12(9-23-13)14(20)21/h1,3-4,7,9H,2,5-6,8H2,(H,18,22)(H,20,21). The van der Waals surface area contributed by atoms with Crippen LogP contribution >= 0.6 is 22.9 Å². The number of carboxylic acid groups (broad SMARTS) is 1. The summed E-state index contributed by atoms with van der Waals surface area (Å²) in [6.07, 6.45) is 2.58. The number of carbonyl (C=O) groups is 2. The number of hydrogen-bond acceptors (Lipinski definition) is 4. The first kappa shape index (κ1) is 16.0. The Labute approximate surface area is 142 Å². The zero-order valence-electron chi connectivity index (χ0n) is 12.2. The van der Waals surface area contributed by atoms with Crippen molar-refractivity contribution < 1.29 is 14.7 Å². The molecule has 1 aliphatic carbocycles. The number of carboxylic acids is 1. The maximum atomic E-state index is 12.7. The molecule has 120 valence electrons. The molecule has 0 atom stereocenters. The molecule has 2 N–H and O–H groups in total. The van der Waals surface area contributed by atoms with Gasteiger partial charge in [-0.2, -0.15) is 0 Å². The minimum atomic E-state index is -1.06. The van der Waals surface area contributed by atoms with Crippen LogP contribution in [0.5, 0.6) is 0 Å². The number of aromatic nitrogens is 1. The molecule has 1 aliphatic rings. The molecule has 0 saturated heterocycles. The van der Waals surface area contributed by atoms with Gasteiger partial charge in [0.05, 0.1) is 12.0 Å². The number of benzene rings is 1.